The lowest BCUT2D eigenvalue weighted by molar-refractivity contribution is 0.0690. The van der Waals surface area contributed by atoms with Gasteiger partial charge in [-0.1, -0.05) is 30.3 Å². The number of hydrogen-bond acceptors (Lipinski definition) is 4. The van der Waals surface area contributed by atoms with Crippen LogP contribution < -0.4 is 5.32 Å². The maximum Gasteiger partial charge on any atom is 0.255 e. The number of amides is 1. The number of nitrogens with zero attached hydrogens (tertiary/aromatic N) is 2. The predicted molar refractivity (Wildman–Crippen MR) is 103 cm³/mol. The largest absolute Gasteiger partial charge is 0.383 e. The Labute approximate surface area is 155 Å². The summed E-state index contributed by atoms with van der Waals surface area (Å²) in [6, 6.07) is 14.3. The molecule has 1 amide bonds. The molecule has 3 rings (SSSR count). The minimum atomic E-state index is 0.0825. The zero-order valence-electron chi connectivity index (χ0n) is 15.4. The summed E-state index contributed by atoms with van der Waals surface area (Å²) in [5, 5.41) is 3.16. The lowest BCUT2D eigenvalue weighted by Gasteiger charge is -2.32. The van der Waals surface area contributed by atoms with Crippen molar-refractivity contribution in [3.63, 3.8) is 0 Å². The van der Waals surface area contributed by atoms with Gasteiger partial charge in [0.25, 0.3) is 5.91 Å². The van der Waals surface area contributed by atoms with E-state index in [4.69, 9.17) is 4.74 Å². The summed E-state index contributed by atoms with van der Waals surface area (Å²) in [5.74, 6) is 1.51. The number of carbonyl (C=O) groups excluding carboxylic acids is 1. The Morgan fingerprint density at radius 3 is 2.62 bits per heavy atom. The highest BCUT2D eigenvalue weighted by Crippen LogP contribution is 2.23. The summed E-state index contributed by atoms with van der Waals surface area (Å²) in [5.41, 5.74) is 2.04. The Morgan fingerprint density at radius 1 is 1.19 bits per heavy atom. The van der Waals surface area contributed by atoms with Crippen molar-refractivity contribution in [2.24, 2.45) is 5.92 Å². The van der Waals surface area contributed by atoms with Gasteiger partial charge in [0.05, 0.1) is 12.2 Å². The molecule has 26 heavy (non-hydrogen) atoms. The zero-order valence-corrected chi connectivity index (χ0v) is 15.4. The fraction of sp³-hybridized carbons (Fsp3) is 0.429. The quantitative estimate of drug-likeness (QED) is 0.777. The van der Waals surface area contributed by atoms with Crippen LogP contribution in [0.4, 0.5) is 5.82 Å². The molecule has 0 aliphatic carbocycles. The van der Waals surface area contributed by atoms with Gasteiger partial charge in [-0.05, 0) is 42.9 Å². The van der Waals surface area contributed by atoms with E-state index in [-0.39, 0.29) is 5.91 Å². The minimum absolute atomic E-state index is 0.0825. The molecule has 2 heterocycles. The zero-order chi connectivity index (χ0) is 18.2. The van der Waals surface area contributed by atoms with Gasteiger partial charge in [0.1, 0.15) is 5.82 Å². The first kappa shape index (κ1) is 18.4. The van der Waals surface area contributed by atoms with Crippen molar-refractivity contribution in [2.45, 2.75) is 19.3 Å². The first-order valence-electron chi connectivity index (χ1n) is 9.28. The van der Waals surface area contributed by atoms with E-state index >= 15 is 0 Å². The molecular weight excluding hydrogens is 326 g/mol. The number of hydrogen-bond donors (Lipinski definition) is 1. The summed E-state index contributed by atoms with van der Waals surface area (Å²) in [4.78, 5) is 19.0. The Kier molecular flexibility index (Phi) is 6.61. The van der Waals surface area contributed by atoms with Gasteiger partial charge in [-0.15, -0.1) is 0 Å². The van der Waals surface area contributed by atoms with Gasteiger partial charge in [-0.25, -0.2) is 4.98 Å². The molecule has 0 atom stereocenters. The molecule has 1 aliphatic heterocycles. The smallest absolute Gasteiger partial charge is 0.255 e. The number of benzene rings is 1. The third-order valence-electron chi connectivity index (χ3n) is 4.89. The molecule has 0 radical (unpaired) electrons. The lowest BCUT2D eigenvalue weighted by Crippen LogP contribution is -2.39. The van der Waals surface area contributed by atoms with Crippen molar-refractivity contribution in [3.05, 3.63) is 59.8 Å². The van der Waals surface area contributed by atoms with Crippen LogP contribution in [0, 0.1) is 5.92 Å². The summed E-state index contributed by atoms with van der Waals surface area (Å²) in [7, 11) is 1.67. The van der Waals surface area contributed by atoms with E-state index in [1.54, 1.807) is 13.3 Å². The lowest BCUT2D eigenvalue weighted by atomic mass is 9.90. The number of anilines is 1. The third-order valence-corrected chi connectivity index (χ3v) is 4.89. The van der Waals surface area contributed by atoms with Crippen LogP contribution in [0.25, 0.3) is 0 Å². The minimum Gasteiger partial charge on any atom is -0.383 e. The van der Waals surface area contributed by atoms with Crippen LogP contribution in [0.1, 0.15) is 28.8 Å². The highest BCUT2D eigenvalue weighted by atomic mass is 16.5. The molecule has 1 saturated heterocycles. The van der Waals surface area contributed by atoms with E-state index in [0.717, 1.165) is 38.2 Å². The van der Waals surface area contributed by atoms with E-state index in [0.29, 0.717) is 24.6 Å². The molecule has 0 bridgehead atoms. The maximum absolute atomic E-state index is 12.7. The van der Waals surface area contributed by atoms with Crippen molar-refractivity contribution in [2.75, 3.05) is 38.7 Å². The number of nitrogens with one attached hydrogen (secondary N) is 1. The monoisotopic (exact) mass is 353 g/mol. The van der Waals surface area contributed by atoms with Gasteiger partial charge in [0, 0.05) is 32.9 Å². The van der Waals surface area contributed by atoms with Gasteiger partial charge >= 0.3 is 0 Å². The van der Waals surface area contributed by atoms with E-state index < -0.39 is 0 Å². The van der Waals surface area contributed by atoms with E-state index in [1.165, 1.54) is 5.56 Å². The van der Waals surface area contributed by atoms with E-state index in [9.17, 15) is 4.79 Å². The van der Waals surface area contributed by atoms with Gasteiger partial charge in [0.2, 0.25) is 0 Å². The van der Waals surface area contributed by atoms with E-state index in [1.807, 2.05) is 17.0 Å². The summed E-state index contributed by atoms with van der Waals surface area (Å²) < 4.78 is 5.00. The highest BCUT2D eigenvalue weighted by Gasteiger charge is 2.23. The van der Waals surface area contributed by atoms with Gasteiger partial charge in [0.15, 0.2) is 0 Å². The standard InChI is InChI=1S/C21H27N3O2/c1-26-14-11-22-20-8-7-19(16-23-20)21(25)24-12-9-18(10-13-24)15-17-5-3-2-4-6-17/h2-8,16,18H,9-15H2,1H3,(H,22,23). The summed E-state index contributed by atoms with van der Waals surface area (Å²) in [6.07, 6.45) is 4.88. The number of carbonyl (C=O) groups is 1. The third kappa shape index (κ3) is 5.05. The molecule has 0 unspecified atom stereocenters. The molecule has 0 saturated carbocycles. The first-order valence-corrected chi connectivity index (χ1v) is 9.28. The molecule has 5 nitrogen and oxygen atoms in total. The van der Waals surface area contributed by atoms with Crippen LogP contribution >= 0.6 is 0 Å². The van der Waals surface area contributed by atoms with Crippen LogP contribution in [0.15, 0.2) is 48.7 Å². The maximum atomic E-state index is 12.7. The van der Waals surface area contributed by atoms with Crippen molar-refractivity contribution in [3.8, 4) is 0 Å². The van der Waals surface area contributed by atoms with Crippen molar-refractivity contribution in [1.82, 2.24) is 9.88 Å². The number of aromatic nitrogens is 1. The van der Waals surface area contributed by atoms with Crippen LogP contribution in [0.5, 0.6) is 0 Å². The fourth-order valence-corrected chi connectivity index (χ4v) is 3.38. The second kappa shape index (κ2) is 9.34. The van der Waals surface area contributed by atoms with Crippen LogP contribution in [-0.4, -0.2) is 49.1 Å². The molecule has 2 aromatic rings. The normalized spacial score (nSPS) is 15.0. The van der Waals surface area contributed by atoms with Crippen molar-refractivity contribution >= 4 is 11.7 Å². The first-order chi connectivity index (χ1) is 12.8. The fourth-order valence-electron chi connectivity index (χ4n) is 3.38. The van der Waals surface area contributed by atoms with Crippen molar-refractivity contribution < 1.29 is 9.53 Å². The number of methoxy groups -OCH3 is 1. The Hall–Kier alpha value is -2.40. The molecular formula is C21H27N3O2. The van der Waals surface area contributed by atoms with Crippen LogP contribution in [0.3, 0.4) is 0 Å². The summed E-state index contributed by atoms with van der Waals surface area (Å²) >= 11 is 0. The SMILES string of the molecule is COCCNc1ccc(C(=O)N2CCC(Cc3ccccc3)CC2)cn1. The second-order valence-electron chi connectivity index (χ2n) is 6.78. The Balaban J connectivity index is 1.48. The van der Waals surface area contributed by atoms with Gasteiger partial charge in [-0.3, -0.25) is 4.79 Å². The topological polar surface area (TPSA) is 54.5 Å². The predicted octanol–water partition coefficient (Wildman–Crippen LogP) is 3.23. The summed E-state index contributed by atoms with van der Waals surface area (Å²) in [6.45, 7) is 2.97. The second-order valence-corrected chi connectivity index (χ2v) is 6.78. The van der Waals surface area contributed by atoms with Crippen LogP contribution in [0.2, 0.25) is 0 Å². The van der Waals surface area contributed by atoms with Crippen LogP contribution in [-0.2, 0) is 11.2 Å². The average Bonchev–Trinajstić information content (AvgIpc) is 2.70. The number of ether oxygens (including phenoxy) is 1. The van der Waals surface area contributed by atoms with Gasteiger partial charge in [-0.2, -0.15) is 0 Å². The van der Waals surface area contributed by atoms with E-state index in [2.05, 4.69) is 40.6 Å². The molecule has 1 fully saturated rings. The molecule has 1 N–H and O–H groups in total. The number of pyridine rings is 1. The van der Waals surface area contributed by atoms with Gasteiger partial charge < -0.3 is 15.0 Å². The molecule has 5 heteroatoms. The molecule has 1 aromatic carbocycles. The van der Waals surface area contributed by atoms with Crippen molar-refractivity contribution in [1.29, 1.82) is 0 Å². The number of piperidine rings is 1. The number of rotatable bonds is 7. The Morgan fingerprint density at radius 2 is 1.96 bits per heavy atom. The highest BCUT2D eigenvalue weighted by molar-refractivity contribution is 5.94. The molecule has 138 valence electrons. The number of likely N-dealkylation sites (tertiary alicyclic amines) is 1. The Bertz CT molecular complexity index is 680. The molecule has 1 aromatic heterocycles. The molecule has 1 aliphatic rings. The average molecular weight is 353 g/mol. The molecule has 0 spiro atoms.